The molecule has 1 heterocycles. The van der Waals surface area contributed by atoms with Gasteiger partial charge in [0, 0.05) is 35.6 Å². The van der Waals surface area contributed by atoms with E-state index in [0.29, 0.717) is 11.1 Å². The molecule has 1 fully saturated rings. The molecule has 0 radical (unpaired) electrons. The van der Waals surface area contributed by atoms with E-state index in [-0.39, 0.29) is 17.6 Å². The molecule has 114 valence electrons. The smallest absolute Gasteiger partial charge is 0.269 e. The van der Waals surface area contributed by atoms with E-state index in [1.807, 2.05) is 4.90 Å². The summed E-state index contributed by atoms with van der Waals surface area (Å²) >= 11 is 3.49. The Kier molecular flexibility index (Phi) is 5.33. The van der Waals surface area contributed by atoms with Crippen LogP contribution in [-0.2, 0) is 0 Å². The molecule has 0 saturated carbocycles. The first-order chi connectivity index (χ1) is 10.0. The van der Waals surface area contributed by atoms with Gasteiger partial charge in [0.1, 0.15) is 0 Å². The average Bonchev–Trinajstić information content (AvgIpc) is 2.71. The first kappa shape index (κ1) is 15.9. The Morgan fingerprint density at radius 1 is 1.43 bits per heavy atom. The molecule has 1 aromatic carbocycles. The number of hydrogen-bond acceptors (Lipinski definition) is 3. The molecule has 1 aromatic rings. The first-order valence-electron chi connectivity index (χ1n) is 7.16. The molecular formula is C15H19BrN2O3. The Bertz CT molecular complexity index is 548. The fourth-order valence-corrected chi connectivity index (χ4v) is 3.43. The lowest BCUT2D eigenvalue weighted by atomic mass is 10.1. The number of carbonyl (C=O) groups is 1. The number of aryl methyl sites for hydroxylation is 1. The van der Waals surface area contributed by atoms with Crippen LogP contribution in [0.4, 0.5) is 5.69 Å². The van der Waals surface area contributed by atoms with Crippen LogP contribution in [0.3, 0.4) is 0 Å². The summed E-state index contributed by atoms with van der Waals surface area (Å²) in [6.07, 6.45) is 4.30. The van der Waals surface area contributed by atoms with Crippen LogP contribution in [0.25, 0.3) is 0 Å². The zero-order chi connectivity index (χ0) is 15.4. The van der Waals surface area contributed by atoms with E-state index in [1.165, 1.54) is 12.1 Å². The zero-order valence-corrected chi connectivity index (χ0v) is 13.6. The number of rotatable bonds is 3. The molecule has 1 saturated heterocycles. The molecular weight excluding hydrogens is 336 g/mol. The summed E-state index contributed by atoms with van der Waals surface area (Å²) in [7, 11) is 0. The molecule has 0 aromatic heterocycles. The molecule has 0 N–H and O–H groups in total. The fourth-order valence-electron chi connectivity index (χ4n) is 2.76. The van der Waals surface area contributed by atoms with Gasteiger partial charge in [-0.05, 0) is 31.4 Å². The number of carbonyl (C=O) groups excluding carboxylic acids is 1. The molecule has 1 aliphatic rings. The number of alkyl halides is 1. The minimum Gasteiger partial charge on any atom is -0.335 e. The monoisotopic (exact) mass is 354 g/mol. The van der Waals surface area contributed by atoms with Crippen LogP contribution >= 0.6 is 15.9 Å². The maximum absolute atomic E-state index is 12.8. The number of benzene rings is 1. The third-order valence-electron chi connectivity index (χ3n) is 3.97. The quantitative estimate of drug-likeness (QED) is 0.472. The van der Waals surface area contributed by atoms with Gasteiger partial charge in [0.05, 0.1) is 4.92 Å². The largest absolute Gasteiger partial charge is 0.335 e. The number of halogens is 1. The molecule has 5 nitrogen and oxygen atoms in total. The van der Waals surface area contributed by atoms with Crippen molar-refractivity contribution >= 4 is 27.5 Å². The van der Waals surface area contributed by atoms with Crippen LogP contribution in [-0.4, -0.2) is 33.6 Å². The lowest BCUT2D eigenvalue weighted by molar-refractivity contribution is -0.384. The molecule has 1 amide bonds. The Balaban J connectivity index is 2.27. The van der Waals surface area contributed by atoms with Crippen molar-refractivity contribution in [3.63, 3.8) is 0 Å². The van der Waals surface area contributed by atoms with Crippen LogP contribution in [0.1, 0.15) is 41.6 Å². The Labute approximate surface area is 132 Å². The van der Waals surface area contributed by atoms with Gasteiger partial charge in [-0.3, -0.25) is 14.9 Å². The van der Waals surface area contributed by atoms with E-state index in [2.05, 4.69) is 15.9 Å². The molecule has 21 heavy (non-hydrogen) atoms. The highest BCUT2D eigenvalue weighted by atomic mass is 79.9. The normalized spacial score (nSPS) is 19.1. The molecule has 0 spiro atoms. The van der Waals surface area contributed by atoms with Gasteiger partial charge in [-0.25, -0.2) is 0 Å². The maximum Gasteiger partial charge on any atom is 0.269 e. The highest BCUT2D eigenvalue weighted by molar-refractivity contribution is 9.09. The minimum absolute atomic E-state index is 0.0197. The molecule has 6 heteroatoms. The Morgan fingerprint density at radius 2 is 2.19 bits per heavy atom. The van der Waals surface area contributed by atoms with Crippen LogP contribution in [0.15, 0.2) is 18.2 Å². The molecule has 0 aliphatic carbocycles. The summed E-state index contributed by atoms with van der Waals surface area (Å²) in [6.45, 7) is 2.51. The molecule has 1 atom stereocenters. The van der Waals surface area contributed by atoms with E-state index >= 15 is 0 Å². The summed E-state index contributed by atoms with van der Waals surface area (Å²) in [6, 6.07) is 4.65. The number of hydrogen-bond donors (Lipinski definition) is 0. The van der Waals surface area contributed by atoms with Gasteiger partial charge in [-0.1, -0.05) is 28.8 Å². The summed E-state index contributed by atoms with van der Waals surface area (Å²) in [5.41, 5.74) is 1.25. The average molecular weight is 355 g/mol. The van der Waals surface area contributed by atoms with Crippen LogP contribution in [0, 0.1) is 17.0 Å². The summed E-state index contributed by atoms with van der Waals surface area (Å²) in [4.78, 5) is 25.0. The predicted octanol–water partition coefficient (Wildman–Crippen LogP) is 3.68. The van der Waals surface area contributed by atoms with Crippen molar-refractivity contribution in [3.8, 4) is 0 Å². The fraction of sp³-hybridized carbons (Fsp3) is 0.533. The SMILES string of the molecule is Cc1cc([N+](=O)[O-])ccc1C(=O)N1CCCCCC1CBr. The highest BCUT2D eigenvalue weighted by Gasteiger charge is 2.26. The van der Waals surface area contributed by atoms with Crippen LogP contribution < -0.4 is 0 Å². The number of nitro benzene ring substituents is 1. The number of non-ortho nitro benzene ring substituents is 1. The zero-order valence-electron chi connectivity index (χ0n) is 12.0. The van der Waals surface area contributed by atoms with Gasteiger partial charge in [0.25, 0.3) is 11.6 Å². The van der Waals surface area contributed by atoms with Crippen molar-refractivity contribution in [2.24, 2.45) is 0 Å². The molecule has 2 rings (SSSR count). The summed E-state index contributed by atoms with van der Waals surface area (Å²) in [5, 5.41) is 11.6. The molecule has 0 bridgehead atoms. The second-order valence-corrected chi connectivity index (χ2v) is 6.06. The summed E-state index contributed by atoms with van der Waals surface area (Å²) in [5.74, 6) is -0.0197. The van der Waals surface area contributed by atoms with Crippen molar-refractivity contribution in [1.82, 2.24) is 4.90 Å². The summed E-state index contributed by atoms with van der Waals surface area (Å²) < 4.78 is 0. The van der Waals surface area contributed by atoms with Gasteiger partial charge >= 0.3 is 0 Å². The van der Waals surface area contributed by atoms with Crippen LogP contribution in [0.5, 0.6) is 0 Å². The lowest BCUT2D eigenvalue weighted by Crippen LogP contribution is -2.41. The second kappa shape index (κ2) is 7.02. The number of nitrogens with zero attached hydrogens (tertiary/aromatic N) is 2. The van der Waals surface area contributed by atoms with Crippen molar-refractivity contribution < 1.29 is 9.72 Å². The number of amides is 1. The topological polar surface area (TPSA) is 63.5 Å². The third-order valence-corrected chi connectivity index (χ3v) is 4.71. The van der Waals surface area contributed by atoms with Crippen LogP contribution in [0.2, 0.25) is 0 Å². The van der Waals surface area contributed by atoms with Gasteiger partial charge < -0.3 is 4.90 Å². The molecule has 1 aliphatic heterocycles. The van der Waals surface area contributed by atoms with E-state index in [0.717, 1.165) is 37.6 Å². The van der Waals surface area contributed by atoms with Gasteiger partial charge in [-0.15, -0.1) is 0 Å². The number of nitro groups is 1. The van der Waals surface area contributed by atoms with E-state index < -0.39 is 4.92 Å². The standard InChI is InChI=1S/C15H19BrN2O3/c1-11-9-12(18(20)21)6-7-14(11)15(19)17-8-4-2-3-5-13(17)10-16/h6-7,9,13H,2-5,8,10H2,1H3. The van der Waals surface area contributed by atoms with Gasteiger partial charge in [-0.2, -0.15) is 0 Å². The molecule has 1 unspecified atom stereocenters. The van der Waals surface area contributed by atoms with Gasteiger partial charge in [0.15, 0.2) is 0 Å². The van der Waals surface area contributed by atoms with E-state index in [9.17, 15) is 14.9 Å². The van der Waals surface area contributed by atoms with Gasteiger partial charge in [0.2, 0.25) is 0 Å². The Hall–Kier alpha value is -1.43. The second-order valence-electron chi connectivity index (χ2n) is 5.41. The third kappa shape index (κ3) is 3.61. The Morgan fingerprint density at radius 3 is 2.81 bits per heavy atom. The van der Waals surface area contributed by atoms with Crippen molar-refractivity contribution in [3.05, 3.63) is 39.4 Å². The van der Waals surface area contributed by atoms with E-state index in [4.69, 9.17) is 0 Å². The van der Waals surface area contributed by atoms with Crippen molar-refractivity contribution in [2.45, 2.75) is 38.6 Å². The number of likely N-dealkylation sites (tertiary alicyclic amines) is 1. The minimum atomic E-state index is -0.436. The maximum atomic E-state index is 12.8. The highest BCUT2D eigenvalue weighted by Crippen LogP contribution is 2.24. The van der Waals surface area contributed by atoms with Crippen molar-refractivity contribution in [1.29, 1.82) is 0 Å². The first-order valence-corrected chi connectivity index (χ1v) is 8.28. The lowest BCUT2D eigenvalue weighted by Gasteiger charge is -2.29. The van der Waals surface area contributed by atoms with E-state index in [1.54, 1.807) is 13.0 Å². The van der Waals surface area contributed by atoms with Crippen molar-refractivity contribution in [2.75, 3.05) is 11.9 Å². The predicted molar refractivity (Wildman–Crippen MR) is 84.9 cm³/mol.